The Hall–Kier alpha value is -2.34. The summed E-state index contributed by atoms with van der Waals surface area (Å²) in [6.45, 7) is 0.714. The van der Waals surface area contributed by atoms with Gasteiger partial charge in [0.25, 0.3) is 5.91 Å². The Balaban J connectivity index is 1.59. The van der Waals surface area contributed by atoms with Crippen molar-refractivity contribution in [2.75, 3.05) is 6.61 Å². The second-order valence-electron chi connectivity index (χ2n) is 6.27. The normalized spacial score (nSPS) is 23.5. The molecule has 6 nitrogen and oxygen atoms in total. The SMILES string of the molecule is O=C(N[C@@H](c1ccc2c(c1)CCO2)C1CC(O)C1)c1ccn[nH]1. The second-order valence-corrected chi connectivity index (χ2v) is 6.27. The Morgan fingerprint density at radius 2 is 2.26 bits per heavy atom. The van der Waals surface area contributed by atoms with Crippen LogP contribution in [0.3, 0.4) is 0 Å². The van der Waals surface area contributed by atoms with E-state index in [1.54, 1.807) is 12.3 Å². The van der Waals surface area contributed by atoms with Gasteiger partial charge in [-0.15, -0.1) is 0 Å². The molecule has 1 aromatic heterocycles. The first-order valence-electron chi connectivity index (χ1n) is 7.94. The quantitative estimate of drug-likeness (QED) is 0.800. The molecule has 0 radical (unpaired) electrons. The predicted molar refractivity (Wildman–Crippen MR) is 83.2 cm³/mol. The van der Waals surface area contributed by atoms with Crippen molar-refractivity contribution in [3.8, 4) is 5.75 Å². The van der Waals surface area contributed by atoms with E-state index in [9.17, 15) is 9.90 Å². The molecule has 0 unspecified atom stereocenters. The molecule has 2 aliphatic rings. The van der Waals surface area contributed by atoms with Crippen molar-refractivity contribution >= 4 is 5.91 Å². The van der Waals surface area contributed by atoms with Crippen LogP contribution in [0.1, 0.15) is 40.5 Å². The predicted octanol–water partition coefficient (Wildman–Crippen LogP) is 1.59. The number of rotatable bonds is 4. The maximum absolute atomic E-state index is 12.4. The number of H-pyrrole nitrogens is 1. The lowest BCUT2D eigenvalue weighted by atomic mass is 9.75. The summed E-state index contributed by atoms with van der Waals surface area (Å²) in [7, 11) is 0. The van der Waals surface area contributed by atoms with E-state index < -0.39 is 0 Å². The van der Waals surface area contributed by atoms with E-state index in [1.165, 1.54) is 5.56 Å². The molecule has 2 heterocycles. The summed E-state index contributed by atoms with van der Waals surface area (Å²) in [5, 5.41) is 19.2. The van der Waals surface area contributed by atoms with Crippen LogP contribution in [-0.2, 0) is 6.42 Å². The zero-order chi connectivity index (χ0) is 15.8. The highest BCUT2D eigenvalue weighted by Gasteiger charge is 2.36. The number of benzene rings is 1. The van der Waals surface area contributed by atoms with Crippen LogP contribution < -0.4 is 10.1 Å². The number of aromatic amines is 1. The third kappa shape index (κ3) is 2.70. The maximum Gasteiger partial charge on any atom is 0.269 e. The molecule has 0 spiro atoms. The standard InChI is InChI=1S/C17H19N3O3/c21-13-8-12(9-13)16(19-17(22)14-3-5-18-20-14)11-1-2-15-10(7-11)4-6-23-15/h1-3,5,7,12-13,16,21H,4,6,8-9H2,(H,18,20)(H,19,22)/t12?,13?,16-/m0/s1. The van der Waals surface area contributed by atoms with Gasteiger partial charge in [-0.3, -0.25) is 9.89 Å². The fourth-order valence-electron chi connectivity index (χ4n) is 3.38. The van der Waals surface area contributed by atoms with Crippen molar-refractivity contribution in [3.05, 3.63) is 47.3 Å². The number of nitrogens with zero attached hydrogens (tertiary/aromatic N) is 1. The molecule has 1 atom stereocenters. The molecular weight excluding hydrogens is 294 g/mol. The number of hydrogen-bond acceptors (Lipinski definition) is 4. The molecule has 4 rings (SSSR count). The molecule has 3 N–H and O–H groups in total. The average molecular weight is 313 g/mol. The molecule has 0 saturated heterocycles. The minimum atomic E-state index is -0.260. The number of carbonyl (C=O) groups excluding carboxylic acids is 1. The Morgan fingerprint density at radius 1 is 1.39 bits per heavy atom. The summed E-state index contributed by atoms with van der Waals surface area (Å²) in [5.74, 6) is 1.00. The second kappa shape index (κ2) is 5.70. The largest absolute Gasteiger partial charge is 0.493 e. The Bertz CT molecular complexity index is 708. The zero-order valence-corrected chi connectivity index (χ0v) is 12.7. The van der Waals surface area contributed by atoms with Crippen molar-refractivity contribution in [2.45, 2.75) is 31.4 Å². The Kier molecular flexibility index (Phi) is 3.53. The highest BCUT2D eigenvalue weighted by molar-refractivity contribution is 5.92. The van der Waals surface area contributed by atoms with Gasteiger partial charge in [-0.05, 0) is 48.1 Å². The summed E-state index contributed by atoms with van der Waals surface area (Å²) < 4.78 is 5.55. The highest BCUT2D eigenvalue weighted by atomic mass is 16.5. The lowest BCUT2D eigenvalue weighted by molar-refractivity contribution is 0.0234. The van der Waals surface area contributed by atoms with Crippen LogP contribution in [0, 0.1) is 5.92 Å². The molecule has 0 bridgehead atoms. The maximum atomic E-state index is 12.4. The fraction of sp³-hybridized carbons (Fsp3) is 0.412. The van der Waals surface area contributed by atoms with E-state index in [-0.39, 0.29) is 24.0 Å². The Morgan fingerprint density at radius 3 is 3.00 bits per heavy atom. The van der Waals surface area contributed by atoms with Crippen molar-refractivity contribution in [1.29, 1.82) is 0 Å². The van der Waals surface area contributed by atoms with Gasteiger partial charge in [0.2, 0.25) is 0 Å². The van der Waals surface area contributed by atoms with Gasteiger partial charge in [-0.2, -0.15) is 5.10 Å². The molecule has 1 aromatic carbocycles. The third-order valence-corrected chi connectivity index (χ3v) is 4.73. The fourth-order valence-corrected chi connectivity index (χ4v) is 3.38. The number of aromatic nitrogens is 2. The zero-order valence-electron chi connectivity index (χ0n) is 12.7. The van der Waals surface area contributed by atoms with Crippen LogP contribution in [0.2, 0.25) is 0 Å². The van der Waals surface area contributed by atoms with Crippen molar-refractivity contribution in [1.82, 2.24) is 15.5 Å². The van der Waals surface area contributed by atoms with Gasteiger partial charge < -0.3 is 15.2 Å². The number of aliphatic hydroxyl groups excluding tert-OH is 1. The van der Waals surface area contributed by atoms with Crippen LogP contribution in [0.4, 0.5) is 0 Å². The molecule has 2 aromatic rings. The van der Waals surface area contributed by atoms with Gasteiger partial charge in [0.1, 0.15) is 11.4 Å². The summed E-state index contributed by atoms with van der Waals surface area (Å²) in [6, 6.07) is 7.64. The van der Waals surface area contributed by atoms with Crippen LogP contribution in [0.5, 0.6) is 5.75 Å². The minimum absolute atomic E-state index is 0.111. The lowest BCUT2D eigenvalue weighted by Gasteiger charge is -2.38. The molecule has 1 saturated carbocycles. The van der Waals surface area contributed by atoms with E-state index in [0.29, 0.717) is 25.1 Å². The van der Waals surface area contributed by atoms with Crippen molar-refractivity contribution in [3.63, 3.8) is 0 Å². The van der Waals surface area contributed by atoms with Gasteiger partial charge in [0.05, 0.1) is 18.8 Å². The molecule has 1 fully saturated rings. The van der Waals surface area contributed by atoms with E-state index in [4.69, 9.17) is 4.74 Å². The van der Waals surface area contributed by atoms with Crippen LogP contribution >= 0.6 is 0 Å². The number of ether oxygens (including phenoxy) is 1. The van der Waals surface area contributed by atoms with Gasteiger partial charge in [0, 0.05) is 12.6 Å². The van der Waals surface area contributed by atoms with Crippen molar-refractivity contribution in [2.24, 2.45) is 5.92 Å². The Labute approximate surface area is 133 Å². The van der Waals surface area contributed by atoms with Crippen LogP contribution in [0.25, 0.3) is 0 Å². The number of fused-ring (bicyclic) bond motifs is 1. The molecule has 1 aliphatic heterocycles. The summed E-state index contributed by atoms with van der Waals surface area (Å²) in [4.78, 5) is 12.4. The molecule has 6 heteroatoms. The van der Waals surface area contributed by atoms with Crippen molar-refractivity contribution < 1.29 is 14.6 Å². The first-order valence-corrected chi connectivity index (χ1v) is 7.94. The van der Waals surface area contributed by atoms with E-state index in [1.807, 2.05) is 12.1 Å². The lowest BCUT2D eigenvalue weighted by Crippen LogP contribution is -2.41. The third-order valence-electron chi connectivity index (χ3n) is 4.73. The summed E-state index contributed by atoms with van der Waals surface area (Å²) >= 11 is 0. The molecule has 1 amide bonds. The first-order chi connectivity index (χ1) is 11.2. The highest BCUT2D eigenvalue weighted by Crippen LogP contribution is 2.39. The first kappa shape index (κ1) is 14.3. The van der Waals surface area contributed by atoms with Gasteiger partial charge in [-0.1, -0.05) is 6.07 Å². The molecule has 23 heavy (non-hydrogen) atoms. The topological polar surface area (TPSA) is 87.2 Å². The number of nitrogens with one attached hydrogen (secondary N) is 2. The molecular formula is C17H19N3O3. The summed E-state index contributed by atoms with van der Waals surface area (Å²) in [5.41, 5.74) is 2.70. The van der Waals surface area contributed by atoms with E-state index in [2.05, 4.69) is 21.6 Å². The van der Waals surface area contributed by atoms with Crippen LogP contribution in [0.15, 0.2) is 30.5 Å². The summed E-state index contributed by atoms with van der Waals surface area (Å²) in [6.07, 6.45) is 3.62. The number of amides is 1. The van der Waals surface area contributed by atoms with E-state index >= 15 is 0 Å². The molecule has 120 valence electrons. The van der Waals surface area contributed by atoms with Gasteiger partial charge in [0.15, 0.2) is 0 Å². The molecule has 1 aliphatic carbocycles. The monoisotopic (exact) mass is 313 g/mol. The van der Waals surface area contributed by atoms with Crippen LogP contribution in [-0.4, -0.2) is 33.9 Å². The minimum Gasteiger partial charge on any atom is -0.493 e. The number of carbonyl (C=O) groups is 1. The smallest absolute Gasteiger partial charge is 0.269 e. The number of aliphatic hydroxyl groups is 1. The van der Waals surface area contributed by atoms with Gasteiger partial charge >= 0.3 is 0 Å². The number of hydrogen-bond donors (Lipinski definition) is 3. The average Bonchev–Trinajstić information content (AvgIpc) is 3.19. The van der Waals surface area contributed by atoms with E-state index in [0.717, 1.165) is 17.7 Å². The van der Waals surface area contributed by atoms with Gasteiger partial charge in [-0.25, -0.2) is 0 Å².